The highest BCUT2D eigenvalue weighted by Gasteiger charge is 1.88. The highest BCUT2D eigenvalue weighted by Crippen LogP contribution is 1.83. The van der Waals surface area contributed by atoms with E-state index in [-0.39, 0.29) is 0 Å². The standard InChI is InChI=1S/C3H5O4/c1-3(7-5)6-2-4/h3,5H,1H3/q-1. The maximum Gasteiger partial charge on any atom is 0.196 e. The third-order valence-corrected chi connectivity index (χ3v) is 0.363. The molecular weight excluding hydrogens is 100 g/mol. The zero-order chi connectivity index (χ0) is 5.70. The second kappa shape index (κ2) is 3.58. The van der Waals surface area contributed by atoms with Crippen LogP contribution in [-0.2, 0) is 14.4 Å². The zero-order valence-corrected chi connectivity index (χ0v) is 3.75. The first kappa shape index (κ1) is 6.39. The van der Waals surface area contributed by atoms with Crippen LogP contribution in [-0.4, -0.2) is 18.0 Å². The van der Waals surface area contributed by atoms with Crippen LogP contribution in [0, 0.1) is 0 Å². The Kier molecular flexibility index (Phi) is 3.26. The topological polar surface area (TPSA) is 55.8 Å². The molecule has 0 aromatic carbocycles. The van der Waals surface area contributed by atoms with Gasteiger partial charge in [0.15, 0.2) is 6.29 Å². The van der Waals surface area contributed by atoms with Gasteiger partial charge < -0.3 is 9.53 Å². The van der Waals surface area contributed by atoms with Crippen LogP contribution in [0.2, 0.25) is 0 Å². The van der Waals surface area contributed by atoms with Crippen molar-refractivity contribution in [2.75, 3.05) is 0 Å². The summed E-state index contributed by atoms with van der Waals surface area (Å²) in [6.07, 6.45) is -0.919. The average Bonchev–Trinajstić information content (AvgIpc) is 1.68. The molecule has 1 N–H and O–H groups in total. The Labute approximate surface area is 40.6 Å². The molecule has 0 saturated carbocycles. The molecule has 4 heteroatoms. The molecule has 0 rings (SSSR count). The van der Waals surface area contributed by atoms with Gasteiger partial charge in [-0.3, -0.25) is 0 Å². The molecule has 0 saturated heterocycles. The number of rotatable bonds is 3. The molecule has 0 amide bonds. The summed E-state index contributed by atoms with van der Waals surface area (Å²) in [6, 6.07) is 0. The molecule has 4 nitrogen and oxygen atoms in total. The lowest BCUT2D eigenvalue weighted by Crippen LogP contribution is -2.08. The maximum absolute atomic E-state index is 9.24. The van der Waals surface area contributed by atoms with Crippen molar-refractivity contribution in [3.8, 4) is 0 Å². The summed E-state index contributed by atoms with van der Waals surface area (Å²) in [5.74, 6) is 0. The summed E-state index contributed by atoms with van der Waals surface area (Å²) in [6.45, 7) is 2.44. The van der Waals surface area contributed by atoms with Gasteiger partial charge in [0.05, 0.1) is 0 Å². The first-order chi connectivity index (χ1) is 3.31. The van der Waals surface area contributed by atoms with Gasteiger partial charge >= 0.3 is 0 Å². The van der Waals surface area contributed by atoms with Crippen molar-refractivity contribution < 1.29 is 19.7 Å². The van der Waals surface area contributed by atoms with E-state index < -0.39 is 6.29 Å². The van der Waals surface area contributed by atoms with E-state index in [1.54, 1.807) is 0 Å². The fourth-order valence-electron chi connectivity index (χ4n) is 0.0893. The summed E-state index contributed by atoms with van der Waals surface area (Å²) in [4.78, 5) is 12.7. The number of ether oxygens (including phenoxy) is 1. The molecule has 1 atom stereocenters. The molecule has 0 aromatic heterocycles. The van der Waals surface area contributed by atoms with Crippen LogP contribution in [0.4, 0.5) is 0 Å². The van der Waals surface area contributed by atoms with E-state index in [9.17, 15) is 4.79 Å². The second-order valence-corrected chi connectivity index (χ2v) is 0.874. The first-order valence-corrected chi connectivity index (χ1v) is 1.64. The van der Waals surface area contributed by atoms with Gasteiger partial charge in [-0.2, -0.15) is 4.89 Å². The van der Waals surface area contributed by atoms with Crippen LogP contribution in [0.3, 0.4) is 0 Å². The molecule has 0 bridgehead atoms. The molecule has 0 aliphatic heterocycles. The molecule has 0 radical (unpaired) electrons. The Bertz CT molecular complexity index is 52.9. The molecule has 0 aromatic rings. The van der Waals surface area contributed by atoms with Crippen molar-refractivity contribution in [2.45, 2.75) is 13.2 Å². The van der Waals surface area contributed by atoms with Gasteiger partial charge in [-0.1, -0.05) is 6.47 Å². The van der Waals surface area contributed by atoms with Crippen molar-refractivity contribution in [3.05, 3.63) is 0 Å². The van der Waals surface area contributed by atoms with Gasteiger partial charge in [0, 0.05) is 0 Å². The van der Waals surface area contributed by atoms with Gasteiger partial charge in [0.2, 0.25) is 0 Å². The highest BCUT2D eigenvalue weighted by atomic mass is 17.1. The molecule has 7 heavy (non-hydrogen) atoms. The van der Waals surface area contributed by atoms with E-state index in [4.69, 9.17) is 5.26 Å². The molecule has 0 spiro atoms. The third kappa shape index (κ3) is 3.21. The minimum absolute atomic E-state index is 0.919. The van der Waals surface area contributed by atoms with Crippen LogP contribution in [0.25, 0.3) is 0 Å². The van der Waals surface area contributed by atoms with Crippen LogP contribution >= 0.6 is 0 Å². The Morgan fingerprint density at radius 2 is 2.43 bits per heavy atom. The predicted molar refractivity (Wildman–Crippen MR) is 20.0 cm³/mol. The molecule has 0 fully saturated rings. The highest BCUT2D eigenvalue weighted by molar-refractivity contribution is 5.38. The lowest BCUT2D eigenvalue weighted by Gasteiger charge is -2.11. The Morgan fingerprint density at radius 3 is 2.57 bits per heavy atom. The van der Waals surface area contributed by atoms with Gasteiger partial charge in [0.25, 0.3) is 0 Å². The summed E-state index contributed by atoms with van der Waals surface area (Å²) in [7, 11) is 0. The van der Waals surface area contributed by atoms with E-state index in [2.05, 4.69) is 9.62 Å². The van der Waals surface area contributed by atoms with Gasteiger partial charge in [-0.25, -0.2) is 5.26 Å². The maximum atomic E-state index is 9.24. The fourth-order valence-corrected chi connectivity index (χ4v) is 0.0893. The SMILES string of the molecule is CC(OO)O[C-]=O. The van der Waals surface area contributed by atoms with Crippen molar-refractivity contribution in [2.24, 2.45) is 0 Å². The van der Waals surface area contributed by atoms with Crippen LogP contribution in [0.5, 0.6) is 0 Å². The van der Waals surface area contributed by atoms with Gasteiger partial charge in [0.1, 0.15) is 0 Å². The van der Waals surface area contributed by atoms with Crippen molar-refractivity contribution >= 4 is 6.47 Å². The molecule has 0 aliphatic rings. The normalized spacial score (nSPS) is 12.9. The molecule has 0 aliphatic carbocycles. The Balaban J connectivity index is 2.98. The van der Waals surface area contributed by atoms with Gasteiger partial charge in [-0.05, 0) is 6.92 Å². The van der Waals surface area contributed by atoms with Crippen LogP contribution in [0.1, 0.15) is 6.92 Å². The van der Waals surface area contributed by atoms with Crippen LogP contribution in [0.15, 0.2) is 0 Å². The van der Waals surface area contributed by atoms with E-state index in [0.717, 1.165) is 6.47 Å². The smallest absolute Gasteiger partial charge is 0.196 e. The van der Waals surface area contributed by atoms with E-state index in [0.29, 0.717) is 0 Å². The monoisotopic (exact) mass is 105 g/mol. The Hall–Kier alpha value is -0.610. The van der Waals surface area contributed by atoms with E-state index in [1.807, 2.05) is 0 Å². The number of hydrogen-bond acceptors (Lipinski definition) is 4. The average molecular weight is 105 g/mol. The lowest BCUT2D eigenvalue weighted by atomic mass is 10.8. The van der Waals surface area contributed by atoms with Gasteiger partial charge in [-0.15, -0.1) is 0 Å². The fraction of sp³-hybridized carbons (Fsp3) is 0.667. The largest absolute Gasteiger partial charge is 0.631 e. The second-order valence-electron chi connectivity index (χ2n) is 0.874. The summed E-state index contributed by atoms with van der Waals surface area (Å²) in [5, 5.41) is 7.66. The third-order valence-electron chi connectivity index (χ3n) is 0.363. The predicted octanol–water partition coefficient (Wildman–Crippen LogP) is -0.0942. The number of carbonyl (C=O) groups excluding carboxylic acids is 1. The molecular formula is C3H5O4-. The lowest BCUT2D eigenvalue weighted by molar-refractivity contribution is -0.322. The first-order valence-electron chi connectivity index (χ1n) is 1.64. The summed E-state index contributed by atoms with van der Waals surface area (Å²) >= 11 is 0. The van der Waals surface area contributed by atoms with Crippen molar-refractivity contribution in [3.63, 3.8) is 0 Å². The molecule has 42 valence electrons. The Morgan fingerprint density at radius 1 is 1.86 bits per heavy atom. The molecule has 1 unspecified atom stereocenters. The van der Waals surface area contributed by atoms with Crippen molar-refractivity contribution in [1.82, 2.24) is 0 Å². The minimum Gasteiger partial charge on any atom is -0.631 e. The van der Waals surface area contributed by atoms with Crippen LogP contribution < -0.4 is 0 Å². The summed E-state index contributed by atoms with van der Waals surface area (Å²) in [5.41, 5.74) is 0. The van der Waals surface area contributed by atoms with E-state index >= 15 is 0 Å². The molecule has 0 heterocycles. The quantitative estimate of drug-likeness (QED) is 0.236. The summed E-state index contributed by atoms with van der Waals surface area (Å²) < 4.78 is 3.91. The number of hydrogen-bond donors (Lipinski definition) is 1. The van der Waals surface area contributed by atoms with Crippen molar-refractivity contribution in [1.29, 1.82) is 0 Å². The zero-order valence-electron chi connectivity index (χ0n) is 3.75. The minimum atomic E-state index is -0.919. The van der Waals surface area contributed by atoms with E-state index in [1.165, 1.54) is 6.92 Å².